The normalized spacial score (nSPS) is 21.4. The third-order valence-electron chi connectivity index (χ3n) is 7.47. The van der Waals surface area contributed by atoms with E-state index >= 15 is 0 Å². The molecule has 4 atom stereocenters. The fourth-order valence-corrected chi connectivity index (χ4v) is 16.3. The fraction of sp³-hybridized carbons (Fsp3) is 0.786. The molecular formula is C28H52O5Si2. The van der Waals surface area contributed by atoms with Gasteiger partial charge in [0.1, 0.15) is 0 Å². The molecule has 1 aliphatic carbocycles. The van der Waals surface area contributed by atoms with Crippen molar-refractivity contribution >= 4 is 28.6 Å². The zero-order valence-corrected chi connectivity index (χ0v) is 26.3. The highest BCUT2D eigenvalue weighted by atomic mass is 28.4. The van der Waals surface area contributed by atoms with Crippen LogP contribution in [0.3, 0.4) is 0 Å². The Morgan fingerprint density at radius 2 is 1.37 bits per heavy atom. The van der Waals surface area contributed by atoms with Crippen LogP contribution >= 0.6 is 0 Å². The van der Waals surface area contributed by atoms with Crippen molar-refractivity contribution in [2.45, 2.75) is 106 Å². The molecule has 1 fully saturated rings. The minimum atomic E-state index is -1.94. The topological polar surface area (TPSA) is 61.8 Å². The van der Waals surface area contributed by atoms with Crippen LogP contribution in [-0.4, -0.2) is 41.8 Å². The summed E-state index contributed by atoms with van der Waals surface area (Å²) in [6.45, 7) is 30.1. The van der Waals surface area contributed by atoms with E-state index in [-0.39, 0.29) is 22.8 Å². The second-order valence-electron chi connectivity index (χ2n) is 13.0. The van der Waals surface area contributed by atoms with Crippen LogP contribution in [0, 0.1) is 22.7 Å². The SMILES string of the molecule is C=C(C)C(=O)OCC1CC1C[Si](C)(C)O[Si](C)(C)CC(C)(CC)CC(C)(CC)COC(=O)C(=C)C. The predicted molar refractivity (Wildman–Crippen MR) is 150 cm³/mol. The van der Waals surface area contributed by atoms with Gasteiger partial charge in [-0.1, -0.05) is 47.3 Å². The van der Waals surface area contributed by atoms with Crippen molar-refractivity contribution in [1.29, 1.82) is 0 Å². The molecule has 0 aliphatic heterocycles. The highest BCUT2D eigenvalue weighted by Crippen LogP contribution is 2.47. The lowest BCUT2D eigenvalue weighted by Crippen LogP contribution is -2.48. The molecule has 4 unspecified atom stereocenters. The molecule has 0 N–H and O–H groups in total. The average molecular weight is 525 g/mol. The molecular weight excluding hydrogens is 472 g/mol. The lowest BCUT2D eigenvalue weighted by atomic mass is 9.71. The van der Waals surface area contributed by atoms with Crippen molar-refractivity contribution in [2.75, 3.05) is 13.2 Å². The molecule has 0 aromatic carbocycles. The molecule has 0 heterocycles. The van der Waals surface area contributed by atoms with Gasteiger partial charge in [-0.15, -0.1) is 0 Å². The van der Waals surface area contributed by atoms with Crippen molar-refractivity contribution in [3.8, 4) is 0 Å². The summed E-state index contributed by atoms with van der Waals surface area (Å²) in [6.07, 6.45) is 4.14. The maximum atomic E-state index is 12.0. The van der Waals surface area contributed by atoms with Gasteiger partial charge in [0.05, 0.1) is 13.2 Å². The number of hydrogen-bond acceptors (Lipinski definition) is 5. The van der Waals surface area contributed by atoms with Gasteiger partial charge in [-0.2, -0.15) is 0 Å². The highest BCUT2D eigenvalue weighted by molar-refractivity contribution is 6.85. The van der Waals surface area contributed by atoms with Crippen LogP contribution in [0.5, 0.6) is 0 Å². The number of rotatable bonds is 16. The average Bonchev–Trinajstić information content (AvgIpc) is 3.44. The van der Waals surface area contributed by atoms with E-state index in [9.17, 15) is 9.59 Å². The van der Waals surface area contributed by atoms with Gasteiger partial charge >= 0.3 is 11.9 Å². The van der Waals surface area contributed by atoms with Crippen LogP contribution in [0.25, 0.3) is 0 Å². The molecule has 0 aromatic heterocycles. The maximum absolute atomic E-state index is 12.0. The van der Waals surface area contributed by atoms with Crippen LogP contribution in [0.4, 0.5) is 0 Å². The molecule has 1 saturated carbocycles. The highest BCUT2D eigenvalue weighted by Gasteiger charge is 2.46. The van der Waals surface area contributed by atoms with E-state index in [1.54, 1.807) is 13.8 Å². The summed E-state index contributed by atoms with van der Waals surface area (Å²) in [6, 6.07) is 2.20. The quantitative estimate of drug-likeness (QED) is 0.119. The third-order valence-corrected chi connectivity index (χ3v) is 15.1. The van der Waals surface area contributed by atoms with Gasteiger partial charge in [-0.05, 0) is 88.6 Å². The summed E-state index contributed by atoms with van der Waals surface area (Å²) in [7, 11) is -3.80. The number of esters is 2. The fourth-order valence-electron chi connectivity index (χ4n) is 5.54. The maximum Gasteiger partial charge on any atom is 0.333 e. The summed E-state index contributed by atoms with van der Waals surface area (Å²) >= 11 is 0. The Labute approximate surface area is 217 Å². The van der Waals surface area contributed by atoms with Crippen LogP contribution in [0.15, 0.2) is 24.3 Å². The van der Waals surface area contributed by atoms with Crippen LogP contribution in [-0.2, 0) is 23.2 Å². The first-order valence-electron chi connectivity index (χ1n) is 13.2. The summed E-state index contributed by atoms with van der Waals surface area (Å²) in [5.41, 5.74) is 0.956. The van der Waals surface area contributed by atoms with Crippen molar-refractivity contribution in [3.63, 3.8) is 0 Å². The van der Waals surface area contributed by atoms with Crippen LogP contribution in [0.1, 0.15) is 67.2 Å². The number of carbonyl (C=O) groups is 2. The molecule has 0 spiro atoms. The van der Waals surface area contributed by atoms with Gasteiger partial charge in [0, 0.05) is 16.6 Å². The van der Waals surface area contributed by atoms with Gasteiger partial charge in [0.15, 0.2) is 16.6 Å². The lowest BCUT2D eigenvalue weighted by molar-refractivity contribution is -0.143. The largest absolute Gasteiger partial charge is 0.462 e. The van der Waals surface area contributed by atoms with E-state index < -0.39 is 16.6 Å². The van der Waals surface area contributed by atoms with Gasteiger partial charge in [0.25, 0.3) is 0 Å². The summed E-state index contributed by atoms with van der Waals surface area (Å²) < 4.78 is 18.0. The Morgan fingerprint density at radius 1 is 0.857 bits per heavy atom. The van der Waals surface area contributed by atoms with Gasteiger partial charge in [-0.3, -0.25) is 0 Å². The smallest absolute Gasteiger partial charge is 0.333 e. The molecule has 0 saturated heterocycles. The molecule has 0 amide bonds. The van der Waals surface area contributed by atoms with Gasteiger partial charge in [0.2, 0.25) is 0 Å². The van der Waals surface area contributed by atoms with Crippen molar-refractivity contribution < 1.29 is 23.2 Å². The van der Waals surface area contributed by atoms with E-state index in [4.69, 9.17) is 13.6 Å². The van der Waals surface area contributed by atoms with Gasteiger partial charge in [-0.25, -0.2) is 9.59 Å². The number of hydrogen-bond donors (Lipinski definition) is 0. The first kappa shape index (κ1) is 31.8. The minimum Gasteiger partial charge on any atom is -0.462 e. The monoisotopic (exact) mass is 524 g/mol. The molecule has 5 nitrogen and oxygen atoms in total. The Morgan fingerprint density at radius 3 is 1.86 bits per heavy atom. The Kier molecular flexibility index (Phi) is 11.3. The summed E-state index contributed by atoms with van der Waals surface area (Å²) in [5, 5.41) is 0. The second-order valence-corrected chi connectivity index (χ2v) is 21.6. The first-order chi connectivity index (χ1) is 15.9. The summed E-state index contributed by atoms with van der Waals surface area (Å²) in [5.74, 6) is 0.473. The molecule has 1 aliphatic rings. The van der Waals surface area contributed by atoms with Crippen molar-refractivity contribution in [3.05, 3.63) is 24.3 Å². The molecule has 35 heavy (non-hydrogen) atoms. The number of ether oxygens (including phenoxy) is 2. The Hall–Kier alpha value is -1.19. The van der Waals surface area contributed by atoms with Gasteiger partial charge < -0.3 is 13.6 Å². The third kappa shape index (κ3) is 11.2. The molecule has 202 valence electrons. The molecule has 7 heteroatoms. The zero-order chi connectivity index (χ0) is 27.2. The van der Waals surface area contributed by atoms with E-state index in [1.165, 1.54) is 0 Å². The minimum absolute atomic E-state index is 0.0737. The first-order valence-corrected chi connectivity index (χ1v) is 19.4. The van der Waals surface area contributed by atoms with E-state index in [0.29, 0.717) is 36.2 Å². The molecule has 0 aromatic rings. The Balaban J connectivity index is 2.72. The lowest BCUT2D eigenvalue weighted by Gasteiger charge is -2.44. The molecule has 0 bridgehead atoms. The second kappa shape index (κ2) is 12.4. The number of carbonyl (C=O) groups excluding carboxylic acids is 2. The van der Waals surface area contributed by atoms with E-state index in [2.05, 4.69) is 67.0 Å². The van der Waals surface area contributed by atoms with E-state index in [1.807, 2.05) is 0 Å². The standard InChI is InChI=1S/C28H52O5Si2/c1-13-27(7,19-32-26(30)22(5)6)18-28(8,14-2)20-35(11,12)33-34(9,10)17-24-15-23(24)16-31-25(29)21(3)4/h23-24H,3,5,13-20H2,1-2,4,6-12H3. The summed E-state index contributed by atoms with van der Waals surface area (Å²) in [4.78, 5) is 23.7. The van der Waals surface area contributed by atoms with Crippen LogP contribution < -0.4 is 0 Å². The van der Waals surface area contributed by atoms with E-state index in [0.717, 1.165) is 37.8 Å². The van der Waals surface area contributed by atoms with Crippen molar-refractivity contribution in [2.24, 2.45) is 22.7 Å². The van der Waals surface area contributed by atoms with Crippen LogP contribution in [0.2, 0.25) is 38.3 Å². The molecule has 1 rings (SSSR count). The zero-order valence-electron chi connectivity index (χ0n) is 24.3. The molecule has 0 radical (unpaired) electrons. The van der Waals surface area contributed by atoms with Crippen molar-refractivity contribution in [1.82, 2.24) is 0 Å². The Bertz CT molecular complexity index is 790. The predicted octanol–water partition coefficient (Wildman–Crippen LogP) is 7.51.